The topological polar surface area (TPSA) is 61.9 Å². The third-order valence-corrected chi connectivity index (χ3v) is 6.11. The van der Waals surface area contributed by atoms with E-state index < -0.39 is 0 Å². The molecule has 3 fully saturated rings. The van der Waals surface area contributed by atoms with Crippen LogP contribution in [0.5, 0.6) is 0 Å². The summed E-state index contributed by atoms with van der Waals surface area (Å²) < 4.78 is 5.34. The summed E-state index contributed by atoms with van der Waals surface area (Å²) in [6.07, 6.45) is 3.01. The molecule has 26 heavy (non-hydrogen) atoms. The van der Waals surface area contributed by atoms with E-state index in [4.69, 9.17) is 4.74 Å². The predicted molar refractivity (Wildman–Crippen MR) is 97.8 cm³/mol. The number of amides is 2. The van der Waals surface area contributed by atoms with Gasteiger partial charge in [-0.05, 0) is 36.8 Å². The number of nitrogens with zero attached hydrogens (tertiary/aromatic N) is 2. The lowest BCUT2D eigenvalue weighted by Gasteiger charge is -2.35. The molecule has 0 bridgehead atoms. The number of hydrogen-bond donors (Lipinski definition) is 1. The number of carbonyl (C=O) groups excluding carboxylic acids is 2. The van der Waals surface area contributed by atoms with Gasteiger partial charge in [0, 0.05) is 37.8 Å². The fourth-order valence-electron chi connectivity index (χ4n) is 4.19. The van der Waals surface area contributed by atoms with Crippen molar-refractivity contribution in [3.8, 4) is 0 Å². The molecule has 1 saturated carbocycles. The highest BCUT2D eigenvalue weighted by molar-refractivity contribution is 5.94. The van der Waals surface area contributed by atoms with Gasteiger partial charge in [-0.3, -0.25) is 14.5 Å². The van der Waals surface area contributed by atoms with Crippen LogP contribution in [0.1, 0.15) is 29.6 Å². The summed E-state index contributed by atoms with van der Waals surface area (Å²) in [6.45, 7) is 5.25. The molecule has 1 unspecified atom stereocenters. The Morgan fingerprint density at radius 2 is 1.77 bits per heavy atom. The van der Waals surface area contributed by atoms with Gasteiger partial charge in [0.25, 0.3) is 5.91 Å². The maximum atomic E-state index is 12.5. The van der Waals surface area contributed by atoms with Crippen LogP contribution in [0.4, 0.5) is 0 Å². The molecule has 6 nitrogen and oxygen atoms in total. The summed E-state index contributed by atoms with van der Waals surface area (Å²) in [5.74, 6) is 0.241. The van der Waals surface area contributed by atoms with Crippen LogP contribution in [0.15, 0.2) is 30.3 Å². The molecule has 1 spiro atoms. The standard InChI is InChI=1S/C20H27N3O3/c24-18(15-22-10-12-26-13-11-22)23-8-6-20(7-9-23)14-17(20)21-19(25)16-4-2-1-3-5-16/h1-5,17H,6-15H2,(H,21,25). The number of piperidine rings is 1. The Labute approximate surface area is 154 Å². The summed E-state index contributed by atoms with van der Waals surface area (Å²) in [5, 5.41) is 3.18. The molecule has 1 N–H and O–H groups in total. The third-order valence-electron chi connectivity index (χ3n) is 6.11. The fourth-order valence-corrected chi connectivity index (χ4v) is 4.19. The minimum atomic E-state index is 0.0123. The first-order valence-corrected chi connectivity index (χ1v) is 9.60. The first-order valence-electron chi connectivity index (χ1n) is 9.60. The molecule has 1 aromatic rings. The maximum absolute atomic E-state index is 12.5. The van der Waals surface area contributed by atoms with Crippen LogP contribution in [-0.4, -0.2) is 73.6 Å². The molecule has 1 aromatic carbocycles. The number of carbonyl (C=O) groups is 2. The molecular weight excluding hydrogens is 330 g/mol. The van der Waals surface area contributed by atoms with Gasteiger partial charge in [-0.25, -0.2) is 0 Å². The Kier molecular flexibility index (Phi) is 4.96. The SMILES string of the molecule is O=C(NC1CC12CCN(C(=O)CN1CCOCC1)CC2)c1ccccc1. The normalized spacial score (nSPS) is 25.1. The molecule has 4 rings (SSSR count). The number of likely N-dealkylation sites (tertiary alicyclic amines) is 1. The number of rotatable bonds is 4. The van der Waals surface area contributed by atoms with Crippen LogP contribution in [0, 0.1) is 5.41 Å². The van der Waals surface area contributed by atoms with E-state index >= 15 is 0 Å². The largest absolute Gasteiger partial charge is 0.379 e. The number of ether oxygens (including phenoxy) is 1. The van der Waals surface area contributed by atoms with E-state index in [1.54, 1.807) is 0 Å². The van der Waals surface area contributed by atoms with E-state index in [2.05, 4.69) is 10.2 Å². The second-order valence-electron chi connectivity index (χ2n) is 7.73. The summed E-state index contributed by atoms with van der Waals surface area (Å²) in [5.41, 5.74) is 0.924. The summed E-state index contributed by atoms with van der Waals surface area (Å²) >= 11 is 0. The molecule has 2 aliphatic heterocycles. The van der Waals surface area contributed by atoms with Gasteiger partial charge in [-0.2, -0.15) is 0 Å². The van der Waals surface area contributed by atoms with Crippen molar-refractivity contribution in [3.05, 3.63) is 35.9 Å². The van der Waals surface area contributed by atoms with Gasteiger partial charge in [-0.1, -0.05) is 18.2 Å². The Bertz CT molecular complexity index is 650. The van der Waals surface area contributed by atoms with E-state index in [1.807, 2.05) is 35.2 Å². The molecular formula is C20H27N3O3. The number of nitrogens with one attached hydrogen (secondary N) is 1. The summed E-state index contributed by atoms with van der Waals surface area (Å²) in [6, 6.07) is 9.63. The lowest BCUT2D eigenvalue weighted by Crippen LogP contribution is -2.48. The van der Waals surface area contributed by atoms with Crippen LogP contribution in [0.2, 0.25) is 0 Å². The molecule has 1 aliphatic carbocycles. The minimum Gasteiger partial charge on any atom is -0.379 e. The molecule has 2 heterocycles. The molecule has 2 amide bonds. The van der Waals surface area contributed by atoms with Crippen LogP contribution in [0.25, 0.3) is 0 Å². The molecule has 0 radical (unpaired) electrons. The zero-order chi connectivity index (χ0) is 18.0. The van der Waals surface area contributed by atoms with Gasteiger partial charge in [-0.15, -0.1) is 0 Å². The second-order valence-corrected chi connectivity index (χ2v) is 7.73. The zero-order valence-electron chi connectivity index (χ0n) is 15.2. The van der Waals surface area contributed by atoms with Gasteiger partial charge in [0.15, 0.2) is 0 Å². The third kappa shape index (κ3) is 3.76. The van der Waals surface area contributed by atoms with Gasteiger partial charge < -0.3 is 15.0 Å². The van der Waals surface area contributed by atoms with E-state index in [0.717, 1.165) is 58.7 Å². The maximum Gasteiger partial charge on any atom is 0.251 e. The quantitative estimate of drug-likeness (QED) is 0.878. The number of morpholine rings is 1. The van der Waals surface area contributed by atoms with Crippen molar-refractivity contribution in [2.24, 2.45) is 5.41 Å². The highest BCUT2D eigenvalue weighted by atomic mass is 16.5. The predicted octanol–water partition coefficient (Wildman–Crippen LogP) is 1.13. The lowest BCUT2D eigenvalue weighted by molar-refractivity contribution is -0.135. The Morgan fingerprint density at radius 1 is 1.08 bits per heavy atom. The minimum absolute atomic E-state index is 0.0123. The van der Waals surface area contributed by atoms with E-state index in [0.29, 0.717) is 12.1 Å². The Morgan fingerprint density at radius 3 is 2.46 bits per heavy atom. The summed E-state index contributed by atoms with van der Waals surface area (Å²) in [4.78, 5) is 29.0. The van der Waals surface area contributed by atoms with Crippen LogP contribution < -0.4 is 5.32 Å². The monoisotopic (exact) mass is 357 g/mol. The zero-order valence-corrected chi connectivity index (χ0v) is 15.2. The molecule has 2 saturated heterocycles. The first kappa shape index (κ1) is 17.5. The lowest BCUT2D eigenvalue weighted by atomic mass is 9.92. The van der Waals surface area contributed by atoms with Gasteiger partial charge >= 0.3 is 0 Å². The van der Waals surface area contributed by atoms with Crippen molar-refractivity contribution in [3.63, 3.8) is 0 Å². The number of benzene rings is 1. The van der Waals surface area contributed by atoms with Crippen molar-refractivity contribution in [2.75, 3.05) is 45.9 Å². The van der Waals surface area contributed by atoms with Crippen molar-refractivity contribution < 1.29 is 14.3 Å². The average Bonchev–Trinajstić information content (AvgIpc) is 3.34. The van der Waals surface area contributed by atoms with Crippen LogP contribution >= 0.6 is 0 Å². The molecule has 3 aliphatic rings. The smallest absolute Gasteiger partial charge is 0.251 e. The molecule has 6 heteroatoms. The highest BCUT2D eigenvalue weighted by Gasteiger charge is 2.55. The second kappa shape index (κ2) is 7.37. The van der Waals surface area contributed by atoms with Crippen molar-refractivity contribution in [1.82, 2.24) is 15.1 Å². The van der Waals surface area contributed by atoms with Gasteiger partial charge in [0.1, 0.15) is 0 Å². The van der Waals surface area contributed by atoms with E-state index in [1.165, 1.54) is 0 Å². The van der Waals surface area contributed by atoms with Crippen molar-refractivity contribution >= 4 is 11.8 Å². The summed E-state index contributed by atoms with van der Waals surface area (Å²) in [7, 11) is 0. The van der Waals surface area contributed by atoms with Gasteiger partial charge in [0.05, 0.1) is 19.8 Å². The molecule has 0 aromatic heterocycles. The van der Waals surface area contributed by atoms with Crippen molar-refractivity contribution in [1.29, 1.82) is 0 Å². The Hall–Kier alpha value is -1.92. The number of hydrogen-bond acceptors (Lipinski definition) is 4. The fraction of sp³-hybridized carbons (Fsp3) is 0.600. The molecule has 1 atom stereocenters. The molecule has 140 valence electrons. The highest BCUT2D eigenvalue weighted by Crippen LogP contribution is 2.53. The van der Waals surface area contributed by atoms with Crippen LogP contribution in [-0.2, 0) is 9.53 Å². The van der Waals surface area contributed by atoms with Crippen LogP contribution in [0.3, 0.4) is 0 Å². The van der Waals surface area contributed by atoms with Gasteiger partial charge in [0.2, 0.25) is 5.91 Å². The van der Waals surface area contributed by atoms with E-state index in [-0.39, 0.29) is 23.3 Å². The average molecular weight is 357 g/mol. The van der Waals surface area contributed by atoms with E-state index in [9.17, 15) is 9.59 Å². The van der Waals surface area contributed by atoms with Crippen molar-refractivity contribution in [2.45, 2.75) is 25.3 Å². The Balaban J connectivity index is 1.24. The first-order chi connectivity index (χ1) is 12.7.